The maximum absolute atomic E-state index is 11.5. The van der Waals surface area contributed by atoms with Crippen LogP contribution in [0.25, 0.3) is 0 Å². The average Bonchev–Trinajstić information content (AvgIpc) is 2.28. The SMILES string of the molecule is CCCC(N)CC(=O)NCCN(CC)CCC. The number of nitrogens with two attached hydrogens (primary N) is 1. The van der Waals surface area contributed by atoms with Gasteiger partial charge in [-0.05, 0) is 25.9 Å². The molecule has 0 aromatic rings. The minimum Gasteiger partial charge on any atom is -0.355 e. The minimum absolute atomic E-state index is 0.0120. The molecule has 0 rings (SSSR count). The Bertz CT molecular complexity index is 197. The van der Waals surface area contributed by atoms with Gasteiger partial charge in [-0.3, -0.25) is 4.79 Å². The predicted octanol–water partition coefficient (Wildman–Crippen LogP) is 1.35. The zero-order valence-electron chi connectivity index (χ0n) is 11.7. The maximum Gasteiger partial charge on any atom is 0.221 e. The van der Waals surface area contributed by atoms with Crippen molar-refractivity contribution in [2.45, 2.75) is 52.5 Å². The Labute approximate surface area is 106 Å². The Kier molecular flexibility index (Phi) is 10.2. The second kappa shape index (κ2) is 10.5. The highest BCUT2D eigenvalue weighted by Crippen LogP contribution is 1.97. The molecule has 102 valence electrons. The number of likely N-dealkylation sites (N-methyl/N-ethyl adjacent to an activating group) is 1. The first-order chi connectivity index (χ1) is 8.13. The average molecular weight is 243 g/mol. The van der Waals surface area contributed by atoms with E-state index in [0.717, 1.165) is 45.4 Å². The van der Waals surface area contributed by atoms with Crippen molar-refractivity contribution in [1.82, 2.24) is 10.2 Å². The summed E-state index contributed by atoms with van der Waals surface area (Å²) in [6, 6.07) is 0.0120. The van der Waals surface area contributed by atoms with E-state index in [2.05, 4.69) is 31.0 Å². The van der Waals surface area contributed by atoms with E-state index in [1.54, 1.807) is 0 Å². The molecule has 0 aromatic heterocycles. The van der Waals surface area contributed by atoms with Crippen LogP contribution in [0.2, 0.25) is 0 Å². The molecule has 17 heavy (non-hydrogen) atoms. The lowest BCUT2D eigenvalue weighted by atomic mass is 10.1. The number of nitrogens with zero attached hydrogens (tertiary/aromatic N) is 1. The predicted molar refractivity (Wildman–Crippen MR) is 72.9 cm³/mol. The Morgan fingerprint density at radius 1 is 1.24 bits per heavy atom. The molecule has 0 heterocycles. The molecule has 4 nitrogen and oxygen atoms in total. The summed E-state index contributed by atoms with van der Waals surface area (Å²) in [5.41, 5.74) is 5.82. The fraction of sp³-hybridized carbons (Fsp3) is 0.923. The molecule has 0 aliphatic heterocycles. The van der Waals surface area contributed by atoms with Crippen LogP contribution in [-0.4, -0.2) is 43.0 Å². The monoisotopic (exact) mass is 243 g/mol. The molecule has 3 N–H and O–H groups in total. The highest BCUT2D eigenvalue weighted by atomic mass is 16.1. The largest absolute Gasteiger partial charge is 0.355 e. The zero-order chi connectivity index (χ0) is 13.1. The van der Waals surface area contributed by atoms with Crippen molar-refractivity contribution in [3.63, 3.8) is 0 Å². The minimum atomic E-state index is 0.0120. The van der Waals surface area contributed by atoms with Gasteiger partial charge in [-0.15, -0.1) is 0 Å². The number of carbonyl (C=O) groups excluding carboxylic acids is 1. The van der Waals surface area contributed by atoms with E-state index < -0.39 is 0 Å². The summed E-state index contributed by atoms with van der Waals surface area (Å²) in [6.45, 7) is 10.2. The van der Waals surface area contributed by atoms with Crippen molar-refractivity contribution < 1.29 is 4.79 Å². The second-order valence-corrected chi connectivity index (χ2v) is 4.54. The fourth-order valence-electron chi connectivity index (χ4n) is 1.88. The van der Waals surface area contributed by atoms with Crippen LogP contribution in [-0.2, 0) is 4.79 Å². The van der Waals surface area contributed by atoms with Gasteiger partial charge < -0.3 is 16.0 Å². The molecule has 0 radical (unpaired) electrons. The van der Waals surface area contributed by atoms with E-state index in [4.69, 9.17) is 5.73 Å². The molecule has 0 aromatic carbocycles. The lowest BCUT2D eigenvalue weighted by Gasteiger charge is -2.19. The van der Waals surface area contributed by atoms with Crippen molar-refractivity contribution in [1.29, 1.82) is 0 Å². The molecule has 0 bridgehead atoms. The molecular formula is C13H29N3O. The summed E-state index contributed by atoms with van der Waals surface area (Å²) in [7, 11) is 0. The van der Waals surface area contributed by atoms with Gasteiger partial charge in [-0.25, -0.2) is 0 Å². The van der Waals surface area contributed by atoms with Gasteiger partial charge in [0.2, 0.25) is 5.91 Å². The standard InChI is InChI=1S/C13H29N3O/c1-4-7-12(14)11-13(17)15-8-10-16(6-3)9-5-2/h12H,4-11,14H2,1-3H3,(H,15,17). The van der Waals surface area contributed by atoms with Gasteiger partial charge in [-0.2, -0.15) is 0 Å². The Hall–Kier alpha value is -0.610. The van der Waals surface area contributed by atoms with E-state index in [9.17, 15) is 4.79 Å². The normalized spacial score (nSPS) is 12.8. The van der Waals surface area contributed by atoms with E-state index in [1.165, 1.54) is 0 Å². The van der Waals surface area contributed by atoms with Crippen LogP contribution in [0, 0.1) is 0 Å². The zero-order valence-corrected chi connectivity index (χ0v) is 11.7. The summed E-state index contributed by atoms with van der Waals surface area (Å²) >= 11 is 0. The van der Waals surface area contributed by atoms with E-state index in [-0.39, 0.29) is 11.9 Å². The lowest BCUT2D eigenvalue weighted by molar-refractivity contribution is -0.121. The first kappa shape index (κ1) is 16.4. The molecule has 0 aliphatic carbocycles. The number of hydrogen-bond donors (Lipinski definition) is 2. The van der Waals surface area contributed by atoms with Gasteiger partial charge in [0.15, 0.2) is 0 Å². The molecule has 1 unspecified atom stereocenters. The first-order valence-corrected chi connectivity index (χ1v) is 6.88. The highest BCUT2D eigenvalue weighted by molar-refractivity contribution is 5.76. The smallest absolute Gasteiger partial charge is 0.221 e. The molecule has 1 atom stereocenters. The summed E-state index contributed by atoms with van der Waals surface area (Å²) in [5, 5.41) is 2.93. The molecule has 0 aliphatic rings. The third-order valence-electron chi connectivity index (χ3n) is 2.84. The van der Waals surface area contributed by atoms with Gasteiger partial charge in [0.25, 0.3) is 0 Å². The maximum atomic E-state index is 11.5. The van der Waals surface area contributed by atoms with E-state index >= 15 is 0 Å². The quantitative estimate of drug-likeness (QED) is 0.609. The van der Waals surface area contributed by atoms with Gasteiger partial charge in [0.1, 0.15) is 0 Å². The first-order valence-electron chi connectivity index (χ1n) is 6.88. The Morgan fingerprint density at radius 3 is 2.47 bits per heavy atom. The Balaban J connectivity index is 3.62. The van der Waals surface area contributed by atoms with Crippen molar-refractivity contribution in [3.8, 4) is 0 Å². The third-order valence-corrected chi connectivity index (χ3v) is 2.84. The highest BCUT2D eigenvalue weighted by Gasteiger charge is 2.08. The number of carbonyl (C=O) groups is 1. The van der Waals surface area contributed by atoms with Crippen molar-refractivity contribution >= 4 is 5.91 Å². The van der Waals surface area contributed by atoms with Crippen LogP contribution in [0.5, 0.6) is 0 Å². The van der Waals surface area contributed by atoms with E-state index in [0.29, 0.717) is 6.42 Å². The van der Waals surface area contributed by atoms with Gasteiger partial charge in [0.05, 0.1) is 0 Å². The van der Waals surface area contributed by atoms with Crippen molar-refractivity contribution in [2.75, 3.05) is 26.2 Å². The molecule has 1 amide bonds. The van der Waals surface area contributed by atoms with Crippen LogP contribution in [0.3, 0.4) is 0 Å². The molecule has 0 saturated heterocycles. The van der Waals surface area contributed by atoms with Crippen molar-refractivity contribution in [2.24, 2.45) is 5.73 Å². The number of amides is 1. The summed E-state index contributed by atoms with van der Waals surface area (Å²) in [4.78, 5) is 13.9. The molecular weight excluding hydrogens is 214 g/mol. The molecule has 0 fully saturated rings. The summed E-state index contributed by atoms with van der Waals surface area (Å²) in [5.74, 6) is 0.0819. The number of nitrogens with one attached hydrogen (secondary N) is 1. The van der Waals surface area contributed by atoms with Crippen LogP contribution < -0.4 is 11.1 Å². The van der Waals surface area contributed by atoms with Gasteiger partial charge in [-0.1, -0.05) is 27.2 Å². The van der Waals surface area contributed by atoms with Crippen LogP contribution in [0.1, 0.15) is 46.5 Å². The second-order valence-electron chi connectivity index (χ2n) is 4.54. The number of hydrogen-bond acceptors (Lipinski definition) is 3. The number of rotatable bonds is 10. The topological polar surface area (TPSA) is 58.4 Å². The summed E-state index contributed by atoms with van der Waals surface area (Å²) in [6.07, 6.45) is 3.57. The summed E-state index contributed by atoms with van der Waals surface area (Å²) < 4.78 is 0. The molecule has 0 saturated carbocycles. The van der Waals surface area contributed by atoms with Crippen LogP contribution in [0.15, 0.2) is 0 Å². The van der Waals surface area contributed by atoms with Gasteiger partial charge in [0, 0.05) is 25.6 Å². The lowest BCUT2D eigenvalue weighted by Crippen LogP contribution is -2.37. The van der Waals surface area contributed by atoms with Crippen LogP contribution >= 0.6 is 0 Å². The van der Waals surface area contributed by atoms with Crippen LogP contribution in [0.4, 0.5) is 0 Å². The van der Waals surface area contributed by atoms with Gasteiger partial charge >= 0.3 is 0 Å². The fourth-order valence-corrected chi connectivity index (χ4v) is 1.88. The molecule has 4 heteroatoms. The van der Waals surface area contributed by atoms with E-state index in [1.807, 2.05) is 0 Å². The Morgan fingerprint density at radius 2 is 1.94 bits per heavy atom. The molecule has 0 spiro atoms. The third kappa shape index (κ3) is 9.12. The van der Waals surface area contributed by atoms with Crippen molar-refractivity contribution in [3.05, 3.63) is 0 Å².